The minimum absolute atomic E-state index is 0.0296. The van der Waals surface area contributed by atoms with Gasteiger partial charge in [0.25, 0.3) is 0 Å². The molecule has 13 nitrogen and oxygen atoms in total. The third-order valence-electron chi connectivity index (χ3n) is 5.50. The number of Topliss-reactive ketones (excluding diaryl/α,β-unsaturated/α-hetero) is 1. The maximum absolute atomic E-state index is 12.5. The summed E-state index contributed by atoms with van der Waals surface area (Å²) in [4.78, 5) is 56.9. The minimum Gasteiger partial charge on any atom is -0.477 e. The van der Waals surface area contributed by atoms with E-state index in [0.717, 1.165) is 6.20 Å². The largest absolute Gasteiger partial charge is 0.477 e. The Bertz CT molecular complexity index is 1150. The molecule has 2 aromatic rings. The first-order valence-corrected chi connectivity index (χ1v) is 11.5. The highest BCUT2D eigenvalue weighted by atomic mass is 16.6. The van der Waals surface area contributed by atoms with Crippen LogP contribution in [-0.4, -0.2) is 80.6 Å². The van der Waals surface area contributed by atoms with Gasteiger partial charge in [-0.05, 0) is 34.2 Å². The third kappa shape index (κ3) is 6.42. The molecule has 0 spiro atoms. The van der Waals surface area contributed by atoms with Gasteiger partial charge in [0.2, 0.25) is 11.9 Å². The Morgan fingerprint density at radius 3 is 2.42 bits per heavy atom. The van der Waals surface area contributed by atoms with Crippen molar-refractivity contribution in [1.29, 1.82) is 0 Å². The summed E-state index contributed by atoms with van der Waals surface area (Å²) in [6.45, 7) is 8.26. The summed E-state index contributed by atoms with van der Waals surface area (Å²) in [5.74, 6) is -1.32. The van der Waals surface area contributed by atoms with E-state index in [9.17, 15) is 14.4 Å². The SMILES string of the molecule is CC(=O)[C@H]1CN(c2ncc(CC(=O)OC(C)(C)C)c(CCN)n2)CCN1c1ncc(C(=O)O)c(N)n1. The Morgan fingerprint density at radius 2 is 1.83 bits per heavy atom. The van der Waals surface area contributed by atoms with E-state index in [0.29, 0.717) is 43.3 Å². The van der Waals surface area contributed by atoms with Crippen molar-refractivity contribution in [2.45, 2.75) is 52.2 Å². The van der Waals surface area contributed by atoms with Gasteiger partial charge in [0, 0.05) is 44.0 Å². The molecule has 0 saturated carbocycles. The summed E-state index contributed by atoms with van der Waals surface area (Å²) in [6, 6.07) is -0.628. The number of aromatic carboxylic acids is 1. The molecule has 2 aromatic heterocycles. The zero-order chi connectivity index (χ0) is 26.6. The topological polar surface area (TPSA) is 191 Å². The highest BCUT2D eigenvalue weighted by Gasteiger charge is 2.34. The Labute approximate surface area is 208 Å². The average molecular weight is 501 g/mol. The molecule has 1 atom stereocenters. The van der Waals surface area contributed by atoms with Gasteiger partial charge in [-0.1, -0.05) is 0 Å². The van der Waals surface area contributed by atoms with Gasteiger partial charge in [-0.3, -0.25) is 9.59 Å². The Hall–Kier alpha value is -3.87. The molecule has 1 saturated heterocycles. The number of esters is 1. The Morgan fingerprint density at radius 1 is 1.14 bits per heavy atom. The van der Waals surface area contributed by atoms with E-state index in [2.05, 4.69) is 19.9 Å². The van der Waals surface area contributed by atoms with Gasteiger partial charge in [0.1, 0.15) is 23.0 Å². The van der Waals surface area contributed by atoms with E-state index in [1.54, 1.807) is 31.9 Å². The zero-order valence-electron chi connectivity index (χ0n) is 20.9. The molecule has 0 amide bonds. The molecule has 0 bridgehead atoms. The summed E-state index contributed by atoms with van der Waals surface area (Å²) in [7, 11) is 0. The second-order valence-electron chi connectivity index (χ2n) is 9.48. The fraction of sp³-hybridized carbons (Fsp3) is 0.522. The number of carbonyl (C=O) groups is 3. The van der Waals surface area contributed by atoms with Gasteiger partial charge in [-0.15, -0.1) is 0 Å². The van der Waals surface area contributed by atoms with Gasteiger partial charge in [-0.25, -0.2) is 19.7 Å². The molecule has 194 valence electrons. The van der Waals surface area contributed by atoms with Crippen LogP contribution in [0.5, 0.6) is 0 Å². The van der Waals surface area contributed by atoms with Gasteiger partial charge < -0.3 is 31.1 Å². The van der Waals surface area contributed by atoms with Crippen LogP contribution in [0.15, 0.2) is 12.4 Å². The summed E-state index contributed by atoms with van der Waals surface area (Å²) in [5.41, 5.74) is 12.0. The number of carboxylic acid groups (broad SMARTS) is 1. The molecule has 5 N–H and O–H groups in total. The lowest BCUT2D eigenvalue weighted by atomic mass is 10.1. The van der Waals surface area contributed by atoms with E-state index in [-0.39, 0.29) is 42.0 Å². The van der Waals surface area contributed by atoms with Crippen LogP contribution >= 0.6 is 0 Å². The number of hydrogen-bond donors (Lipinski definition) is 3. The number of carboxylic acids is 1. The Balaban J connectivity index is 1.82. The van der Waals surface area contributed by atoms with Crippen LogP contribution in [0.1, 0.15) is 49.3 Å². The van der Waals surface area contributed by atoms with Gasteiger partial charge in [-0.2, -0.15) is 4.98 Å². The number of ketones is 1. The molecule has 13 heteroatoms. The molecule has 1 aliphatic heterocycles. The molecule has 1 aliphatic rings. The summed E-state index contributed by atoms with van der Waals surface area (Å²) < 4.78 is 5.41. The second kappa shape index (κ2) is 10.8. The average Bonchev–Trinajstić information content (AvgIpc) is 2.78. The number of anilines is 3. The van der Waals surface area contributed by atoms with Crippen LogP contribution in [0.2, 0.25) is 0 Å². The number of nitrogen functional groups attached to an aromatic ring is 1. The monoisotopic (exact) mass is 500 g/mol. The molecular formula is C23H32N8O5. The smallest absolute Gasteiger partial charge is 0.341 e. The van der Waals surface area contributed by atoms with Crippen molar-refractivity contribution in [1.82, 2.24) is 19.9 Å². The second-order valence-corrected chi connectivity index (χ2v) is 9.48. The molecule has 0 unspecified atom stereocenters. The third-order valence-corrected chi connectivity index (χ3v) is 5.50. The summed E-state index contributed by atoms with van der Waals surface area (Å²) in [6.07, 6.45) is 3.21. The highest BCUT2D eigenvalue weighted by Crippen LogP contribution is 2.23. The molecule has 0 radical (unpaired) electrons. The number of rotatable bonds is 8. The highest BCUT2D eigenvalue weighted by molar-refractivity contribution is 5.92. The summed E-state index contributed by atoms with van der Waals surface area (Å²) in [5, 5.41) is 9.16. The van der Waals surface area contributed by atoms with E-state index in [1.807, 2.05) is 4.90 Å². The van der Waals surface area contributed by atoms with Crippen LogP contribution in [0.25, 0.3) is 0 Å². The number of nitrogens with two attached hydrogens (primary N) is 2. The van der Waals surface area contributed by atoms with E-state index in [4.69, 9.17) is 21.3 Å². The zero-order valence-corrected chi connectivity index (χ0v) is 20.9. The van der Waals surface area contributed by atoms with E-state index < -0.39 is 17.6 Å². The first kappa shape index (κ1) is 26.7. The molecule has 1 fully saturated rings. The van der Waals surface area contributed by atoms with E-state index >= 15 is 0 Å². The number of ether oxygens (including phenoxy) is 1. The van der Waals surface area contributed by atoms with Crippen LogP contribution in [0.4, 0.5) is 17.7 Å². The maximum atomic E-state index is 12.5. The standard InChI is InChI=1S/C23H32N8O5/c1-13(32)17-12-30(7-8-31(17)22-27-11-15(20(34)35)19(25)29-22)21-26-10-14(16(28-21)5-6-24)9-18(33)36-23(2,3)4/h10-11,17H,5-9,12,24H2,1-4H3,(H,34,35)(H2,25,27,29)/t17-/m1/s1. The van der Waals surface area contributed by atoms with Crippen molar-refractivity contribution < 1.29 is 24.2 Å². The van der Waals surface area contributed by atoms with Crippen LogP contribution in [0.3, 0.4) is 0 Å². The fourth-order valence-corrected chi connectivity index (χ4v) is 3.86. The first-order valence-electron chi connectivity index (χ1n) is 11.5. The minimum atomic E-state index is -1.23. The van der Waals surface area contributed by atoms with Gasteiger partial charge in [0.05, 0.1) is 12.1 Å². The van der Waals surface area contributed by atoms with E-state index in [1.165, 1.54) is 6.92 Å². The number of piperazine rings is 1. The maximum Gasteiger partial charge on any atom is 0.341 e. The lowest BCUT2D eigenvalue weighted by Gasteiger charge is -2.40. The molecule has 36 heavy (non-hydrogen) atoms. The van der Waals surface area contributed by atoms with Gasteiger partial charge in [0.15, 0.2) is 5.78 Å². The van der Waals surface area contributed by atoms with Crippen molar-refractivity contribution in [2.24, 2.45) is 5.73 Å². The first-order chi connectivity index (χ1) is 16.9. The molecular weight excluding hydrogens is 468 g/mol. The van der Waals surface area contributed by atoms with Crippen molar-refractivity contribution in [2.75, 3.05) is 41.7 Å². The normalized spacial score (nSPS) is 16.1. The van der Waals surface area contributed by atoms with Gasteiger partial charge >= 0.3 is 11.9 Å². The van der Waals surface area contributed by atoms with Crippen molar-refractivity contribution in [3.8, 4) is 0 Å². The van der Waals surface area contributed by atoms with Crippen LogP contribution in [0, 0.1) is 0 Å². The summed E-state index contributed by atoms with van der Waals surface area (Å²) >= 11 is 0. The quantitative estimate of drug-likeness (QED) is 0.417. The lowest BCUT2D eigenvalue weighted by molar-refractivity contribution is -0.153. The number of carbonyl (C=O) groups excluding carboxylic acids is 2. The van der Waals surface area contributed by atoms with Crippen LogP contribution < -0.4 is 21.3 Å². The van der Waals surface area contributed by atoms with Crippen molar-refractivity contribution in [3.05, 3.63) is 29.2 Å². The predicted molar refractivity (Wildman–Crippen MR) is 132 cm³/mol. The number of hydrogen-bond acceptors (Lipinski definition) is 12. The number of aromatic nitrogens is 4. The van der Waals surface area contributed by atoms with Crippen molar-refractivity contribution >= 4 is 35.4 Å². The predicted octanol–water partition coefficient (Wildman–Crippen LogP) is 0.217. The van der Waals surface area contributed by atoms with Crippen molar-refractivity contribution in [3.63, 3.8) is 0 Å². The molecule has 3 rings (SSSR count). The fourth-order valence-electron chi connectivity index (χ4n) is 3.86. The molecule has 3 heterocycles. The van der Waals surface area contributed by atoms with Crippen LogP contribution in [-0.2, 0) is 27.2 Å². The molecule has 0 aromatic carbocycles. The Kier molecular flexibility index (Phi) is 8.03. The number of nitrogens with zero attached hydrogens (tertiary/aromatic N) is 6. The molecule has 0 aliphatic carbocycles. The lowest BCUT2D eigenvalue weighted by Crippen LogP contribution is -2.57.